The number of alkyl carbamates (subject to hydrolysis) is 1. The molecule has 11 nitrogen and oxygen atoms in total. The van der Waals surface area contributed by atoms with E-state index in [4.69, 9.17) is 13.9 Å². The molecule has 1 saturated carbocycles. The molecule has 50 heavy (non-hydrogen) atoms. The van der Waals surface area contributed by atoms with Crippen molar-refractivity contribution in [3.63, 3.8) is 0 Å². The predicted octanol–water partition coefficient (Wildman–Crippen LogP) is 7.05. The van der Waals surface area contributed by atoms with Crippen molar-refractivity contribution in [2.45, 2.75) is 117 Å². The van der Waals surface area contributed by atoms with Crippen molar-refractivity contribution >= 4 is 23.0 Å². The molecule has 11 heteroatoms. The van der Waals surface area contributed by atoms with Crippen molar-refractivity contribution in [1.29, 1.82) is 0 Å². The summed E-state index contributed by atoms with van der Waals surface area (Å²) in [5.41, 5.74) is 1.69. The fourth-order valence-electron chi connectivity index (χ4n) is 6.56. The fraction of sp³-hybridized carbons (Fsp3) is 0.641. The zero-order valence-corrected chi connectivity index (χ0v) is 30.8. The van der Waals surface area contributed by atoms with Gasteiger partial charge in [-0.25, -0.2) is 4.79 Å². The van der Waals surface area contributed by atoms with Gasteiger partial charge < -0.3 is 28.7 Å². The van der Waals surface area contributed by atoms with E-state index in [0.717, 1.165) is 62.0 Å². The van der Waals surface area contributed by atoms with Crippen LogP contribution in [0.3, 0.4) is 0 Å². The van der Waals surface area contributed by atoms with Crippen LogP contribution in [-0.2, 0) is 23.1 Å². The molecule has 274 valence electrons. The van der Waals surface area contributed by atoms with Gasteiger partial charge in [-0.2, -0.15) is 0 Å². The highest BCUT2D eigenvalue weighted by atomic mass is 16.6. The van der Waals surface area contributed by atoms with Crippen LogP contribution in [0.2, 0.25) is 0 Å². The number of hydrogen-bond donors (Lipinski definition) is 1. The molecule has 1 saturated heterocycles. The molecule has 0 aromatic carbocycles. The van der Waals surface area contributed by atoms with E-state index >= 15 is 0 Å². The summed E-state index contributed by atoms with van der Waals surface area (Å²) in [6.45, 7) is 11.8. The lowest BCUT2D eigenvalue weighted by atomic mass is 10.1. The highest BCUT2D eigenvalue weighted by molar-refractivity contribution is 5.93. The van der Waals surface area contributed by atoms with Crippen LogP contribution < -0.4 is 15.6 Å². The zero-order valence-electron chi connectivity index (χ0n) is 30.8. The Labute approximate surface area is 296 Å². The summed E-state index contributed by atoms with van der Waals surface area (Å²) in [7, 11) is 1.76. The van der Waals surface area contributed by atoms with Gasteiger partial charge in [0, 0.05) is 69.2 Å². The second-order valence-electron chi connectivity index (χ2n) is 15.2. The predicted molar refractivity (Wildman–Crippen MR) is 195 cm³/mol. The number of ether oxygens (including phenoxy) is 2. The number of piperazine rings is 1. The number of rotatable bonds is 17. The Bertz CT molecular complexity index is 1640. The van der Waals surface area contributed by atoms with Gasteiger partial charge in [-0.1, -0.05) is 38.5 Å². The lowest BCUT2D eigenvalue weighted by molar-refractivity contribution is -0.134. The van der Waals surface area contributed by atoms with Gasteiger partial charge in [0.25, 0.3) is 5.56 Å². The number of carbonyl (C=O) groups excluding carboxylic acids is 2. The Hall–Kier alpha value is -3.86. The number of aryl methyl sites for hydroxylation is 1. The van der Waals surface area contributed by atoms with Crippen LogP contribution in [0.5, 0.6) is 5.75 Å². The maximum Gasteiger partial charge on any atom is 0.407 e. The van der Waals surface area contributed by atoms with Gasteiger partial charge in [0.1, 0.15) is 22.7 Å². The van der Waals surface area contributed by atoms with Gasteiger partial charge in [-0.15, -0.1) is 0 Å². The third-order valence-corrected chi connectivity index (χ3v) is 9.61. The Morgan fingerprint density at radius 2 is 1.74 bits per heavy atom. The van der Waals surface area contributed by atoms with Gasteiger partial charge in [-0.3, -0.25) is 19.5 Å². The van der Waals surface area contributed by atoms with Crippen LogP contribution in [-0.4, -0.2) is 75.8 Å². The Balaban J connectivity index is 1.03. The molecule has 1 aliphatic heterocycles. The third kappa shape index (κ3) is 10.8. The van der Waals surface area contributed by atoms with E-state index < -0.39 is 5.60 Å². The first kappa shape index (κ1) is 37.4. The summed E-state index contributed by atoms with van der Waals surface area (Å²) in [6.07, 6.45) is 16.7. The standard InChI is InChI=1S/C39H57N5O6/c1-28-24-44(35(45)14-12-10-8-6-7-9-11-13-18-41-38(47)50-39(2,3)4)21-20-43(28)25-30-22-32-36(49-30)33(26-42(5)37(32)46)31-17-19-40-23-34(31)48-27-29-15-16-29/h17,19,22-23,26,28-29H,6-16,18,20-21,24-25,27H2,1-5H3,(H,41,47)/t28-/m1/s1. The van der Waals surface area contributed by atoms with E-state index in [2.05, 4.69) is 22.1 Å². The molecule has 2 aliphatic rings. The number of unbranched alkanes of at least 4 members (excludes halogenated alkanes) is 7. The van der Waals surface area contributed by atoms with Gasteiger partial charge >= 0.3 is 6.09 Å². The molecule has 0 radical (unpaired) electrons. The molecular formula is C39H57N5O6. The molecule has 3 aromatic heterocycles. The number of furan rings is 1. The van der Waals surface area contributed by atoms with Gasteiger partial charge in [0.15, 0.2) is 0 Å². The summed E-state index contributed by atoms with van der Waals surface area (Å²) >= 11 is 0. The lowest BCUT2D eigenvalue weighted by Gasteiger charge is -2.39. The number of hydrogen-bond acceptors (Lipinski definition) is 8. The Morgan fingerprint density at radius 1 is 1.02 bits per heavy atom. The van der Waals surface area contributed by atoms with E-state index in [1.54, 1.807) is 24.0 Å². The number of nitrogens with one attached hydrogen (secondary N) is 1. The van der Waals surface area contributed by atoms with Gasteiger partial charge in [0.05, 0.1) is 24.7 Å². The minimum Gasteiger partial charge on any atom is -0.491 e. The fourth-order valence-corrected chi connectivity index (χ4v) is 6.56. The van der Waals surface area contributed by atoms with Crippen LogP contribution in [0.1, 0.15) is 104 Å². The SMILES string of the molecule is C[C@@H]1CN(C(=O)CCCCCCCCCCNC(=O)OC(C)(C)C)CCN1Cc1cc2c(=O)n(C)cc(-c3ccncc3OCC3CC3)c2o1. The van der Waals surface area contributed by atoms with Crippen molar-refractivity contribution in [1.82, 2.24) is 24.7 Å². The smallest absolute Gasteiger partial charge is 0.407 e. The zero-order chi connectivity index (χ0) is 35.7. The van der Waals surface area contributed by atoms with Crippen molar-refractivity contribution in [2.24, 2.45) is 13.0 Å². The average molecular weight is 692 g/mol. The minimum atomic E-state index is -0.465. The molecule has 2 fully saturated rings. The normalized spacial score (nSPS) is 16.9. The molecule has 0 spiro atoms. The molecule has 1 aliphatic carbocycles. The molecule has 2 amide bonds. The molecule has 1 N–H and O–H groups in total. The van der Waals surface area contributed by atoms with Crippen molar-refractivity contribution in [3.05, 3.63) is 46.8 Å². The molecule has 5 rings (SSSR count). The van der Waals surface area contributed by atoms with Crippen LogP contribution in [0.25, 0.3) is 22.1 Å². The minimum absolute atomic E-state index is 0.0959. The first-order valence-corrected chi connectivity index (χ1v) is 18.7. The Morgan fingerprint density at radius 3 is 2.44 bits per heavy atom. The monoisotopic (exact) mass is 691 g/mol. The van der Waals surface area contributed by atoms with Gasteiger partial charge in [0.2, 0.25) is 5.91 Å². The van der Waals surface area contributed by atoms with E-state index in [1.807, 2.05) is 44.0 Å². The second-order valence-corrected chi connectivity index (χ2v) is 15.2. The van der Waals surface area contributed by atoms with E-state index in [0.29, 0.717) is 61.8 Å². The highest BCUT2D eigenvalue weighted by Gasteiger charge is 2.28. The molecule has 1 atom stereocenters. The first-order chi connectivity index (χ1) is 24.0. The molecule has 3 aromatic rings. The largest absolute Gasteiger partial charge is 0.491 e. The maximum absolute atomic E-state index is 13.2. The summed E-state index contributed by atoms with van der Waals surface area (Å²) in [4.78, 5) is 46.5. The maximum atomic E-state index is 13.2. The summed E-state index contributed by atoms with van der Waals surface area (Å²) < 4.78 is 19.4. The topological polar surface area (TPSA) is 119 Å². The number of aromatic nitrogens is 2. The van der Waals surface area contributed by atoms with E-state index in [-0.39, 0.29) is 23.6 Å². The summed E-state index contributed by atoms with van der Waals surface area (Å²) in [6, 6.07) is 3.97. The summed E-state index contributed by atoms with van der Waals surface area (Å²) in [5, 5.41) is 3.37. The molecule has 0 bridgehead atoms. The molecule has 4 heterocycles. The number of amides is 2. The van der Waals surface area contributed by atoms with Crippen molar-refractivity contribution in [3.8, 4) is 16.9 Å². The number of fused-ring (bicyclic) bond motifs is 1. The van der Waals surface area contributed by atoms with Gasteiger partial charge in [-0.05, 0) is 71.4 Å². The van der Waals surface area contributed by atoms with E-state index in [9.17, 15) is 14.4 Å². The Kier molecular flexibility index (Phi) is 13.0. The number of carbonyl (C=O) groups is 2. The number of nitrogens with zero attached hydrogens (tertiary/aromatic N) is 4. The average Bonchev–Trinajstić information content (AvgIpc) is 3.81. The second kappa shape index (κ2) is 17.4. The lowest BCUT2D eigenvalue weighted by Crippen LogP contribution is -2.53. The van der Waals surface area contributed by atoms with Crippen LogP contribution in [0, 0.1) is 5.92 Å². The molecule has 0 unspecified atom stereocenters. The van der Waals surface area contributed by atoms with Crippen LogP contribution in [0.15, 0.2) is 39.9 Å². The molecular weight excluding hydrogens is 634 g/mol. The summed E-state index contributed by atoms with van der Waals surface area (Å²) in [5.74, 6) is 2.28. The van der Waals surface area contributed by atoms with E-state index in [1.165, 1.54) is 25.7 Å². The van der Waals surface area contributed by atoms with Crippen LogP contribution in [0.4, 0.5) is 4.79 Å². The highest BCUT2D eigenvalue weighted by Crippen LogP contribution is 2.37. The first-order valence-electron chi connectivity index (χ1n) is 18.7. The number of pyridine rings is 2. The van der Waals surface area contributed by atoms with Crippen molar-refractivity contribution < 1.29 is 23.5 Å². The quantitative estimate of drug-likeness (QED) is 0.150. The van der Waals surface area contributed by atoms with Crippen LogP contribution >= 0.6 is 0 Å². The van der Waals surface area contributed by atoms with Crippen molar-refractivity contribution in [2.75, 3.05) is 32.8 Å². The third-order valence-electron chi connectivity index (χ3n) is 9.61.